The number of hydrogen-bond donors (Lipinski definition) is 0. The van der Waals surface area contributed by atoms with Gasteiger partial charge in [-0.25, -0.2) is 0 Å². The Bertz CT molecular complexity index is 203. The molecular formula is C10H18O2Si3. The minimum absolute atomic E-state index is 0.800. The summed E-state index contributed by atoms with van der Waals surface area (Å²) in [4.78, 5) is 0. The van der Waals surface area contributed by atoms with Crippen LogP contribution in [0.4, 0.5) is 0 Å². The molecule has 0 bridgehead atoms. The first-order valence-corrected chi connectivity index (χ1v) is 8.09. The van der Waals surface area contributed by atoms with E-state index in [0.29, 0.717) is 0 Å². The van der Waals surface area contributed by atoms with Crippen molar-refractivity contribution >= 4 is 29.5 Å². The minimum Gasteiger partial charge on any atom is -0.437 e. The van der Waals surface area contributed by atoms with E-state index in [2.05, 4.69) is 34.1 Å². The van der Waals surface area contributed by atoms with E-state index in [4.69, 9.17) is 8.23 Å². The molecule has 0 aliphatic carbocycles. The Hall–Kier alpha value is 0.0506. The smallest absolute Gasteiger partial charge is 0.321 e. The molecule has 0 heterocycles. The Kier molecular flexibility index (Phi) is 8.26. The van der Waals surface area contributed by atoms with Crippen molar-refractivity contribution in [3.05, 3.63) is 24.8 Å². The molecule has 0 saturated heterocycles. The fraction of sp³-hybridized carbons (Fsp3) is 0.600. The second kappa shape index (κ2) is 8.23. The summed E-state index contributed by atoms with van der Waals surface area (Å²) in [6.45, 7) is 9.58. The van der Waals surface area contributed by atoms with Gasteiger partial charge in [-0.3, -0.25) is 0 Å². The highest BCUT2D eigenvalue weighted by molar-refractivity contribution is 6.73. The summed E-state index contributed by atoms with van der Waals surface area (Å²) in [5.41, 5.74) is 1.09. The van der Waals surface area contributed by atoms with E-state index in [0.717, 1.165) is 36.9 Å². The lowest BCUT2D eigenvalue weighted by Gasteiger charge is -2.28. The van der Waals surface area contributed by atoms with E-state index in [1.165, 1.54) is 0 Å². The predicted octanol–water partition coefficient (Wildman–Crippen LogP) is 2.56. The molecule has 0 spiro atoms. The van der Waals surface area contributed by atoms with Crippen LogP contribution in [0.25, 0.3) is 0 Å². The van der Waals surface area contributed by atoms with E-state index in [1.807, 2.05) is 13.0 Å². The molecule has 0 aliphatic heterocycles. The second-order valence-corrected chi connectivity index (χ2v) is 8.09. The summed E-state index contributed by atoms with van der Waals surface area (Å²) in [6.07, 6.45) is 5.19. The molecule has 0 amide bonds. The summed E-state index contributed by atoms with van der Waals surface area (Å²) in [5, 5.41) is 0. The second-order valence-electron chi connectivity index (χ2n) is 3.78. The zero-order valence-corrected chi connectivity index (χ0v) is 12.3. The van der Waals surface area contributed by atoms with Crippen LogP contribution in [0.15, 0.2) is 24.8 Å². The third-order valence-corrected chi connectivity index (χ3v) is 7.39. The molecule has 82 valence electrons. The van der Waals surface area contributed by atoms with E-state index < -0.39 is 8.56 Å². The third kappa shape index (κ3) is 6.26. The van der Waals surface area contributed by atoms with Crippen molar-refractivity contribution in [2.45, 2.75) is 38.3 Å². The average molecular weight is 255 g/mol. The number of hydrogen-bond acceptors (Lipinski definition) is 2. The van der Waals surface area contributed by atoms with Crippen molar-refractivity contribution in [2.24, 2.45) is 0 Å². The maximum Gasteiger partial charge on any atom is 0.321 e. The zero-order valence-electron chi connectivity index (χ0n) is 9.34. The first-order valence-electron chi connectivity index (χ1n) is 5.05. The molecule has 15 heavy (non-hydrogen) atoms. The first kappa shape index (κ1) is 15.1. The molecule has 0 aromatic rings. The highest BCUT2D eigenvalue weighted by atomic mass is 28.4. The van der Waals surface area contributed by atoms with Gasteiger partial charge in [0, 0.05) is 6.04 Å². The lowest BCUT2D eigenvalue weighted by atomic mass is 10.2. The Morgan fingerprint density at radius 2 is 1.93 bits per heavy atom. The van der Waals surface area contributed by atoms with Gasteiger partial charge < -0.3 is 8.23 Å². The van der Waals surface area contributed by atoms with Crippen molar-refractivity contribution in [3.63, 3.8) is 0 Å². The summed E-state index contributed by atoms with van der Waals surface area (Å²) >= 11 is 0. The summed E-state index contributed by atoms with van der Waals surface area (Å²) in [7, 11) is 4.09. The van der Waals surface area contributed by atoms with E-state index in [9.17, 15) is 0 Å². The quantitative estimate of drug-likeness (QED) is 0.358. The minimum atomic E-state index is -2.16. The van der Waals surface area contributed by atoms with Crippen LogP contribution >= 0.6 is 0 Å². The van der Waals surface area contributed by atoms with Crippen LogP contribution in [-0.4, -0.2) is 29.5 Å². The monoisotopic (exact) mass is 254 g/mol. The molecule has 0 fully saturated rings. The summed E-state index contributed by atoms with van der Waals surface area (Å²) < 4.78 is 10.7. The van der Waals surface area contributed by atoms with Crippen LogP contribution in [0.1, 0.15) is 26.2 Å². The van der Waals surface area contributed by atoms with Gasteiger partial charge in [0.05, 0.1) is 0 Å². The zero-order chi connectivity index (χ0) is 11.7. The van der Waals surface area contributed by atoms with E-state index in [1.54, 1.807) is 0 Å². The predicted molar refractivity (Wildman–Crippen MR) is 67.9 cm³/mol. The van der Waals surface area contributed by atoms with Crippen molar-refractivity contribution in [3.8, 4) is 0 Å². The topological polar surface area (TPSA) is 18.5 Å². The van der Waals surface area contributed by atoms with E-state index in [-0.39, 0.29) is 0 Å². The van der Waals surface area contributed by atoms with Crippen LogP contribution in [-0.2, 0) is 8.23 Å². The molecule has 6 radical (unpaired) electrons. The Balaban J connectivity index is 4.11. The van der Waals surface area contributed by atoms with Crippen LogP contribution < -0.4 is 0 Å². The molecule has 0 rings (SSSR count). The Labute approximate surface area is 101 Å². The summed E-state index contributed by atoms with van der Waals surface area (Å²) in [6, 6.07) is 1.74. The van der Waals surface area contributed by atoms with Gasteiger partial charge in [-0.1, -0.05) is 18.1 Å². The van der Waals surface area contributed by atoms with Gasteiger partial charge in [-0.15, -0.1) is 13.2 Å². The Morgan fingerprint density at radius 3 is 2.33 bits per heavy atom. The van der Waals surface area contributed by atoms with E-state index >= 15 is 0 Å². The van der Waals surface area contributed by atoms with Gasteiger partial charge in [0.2, 0.25) is 21.0 Å². The van der Waals surface area contributed by atoms with Crippen LogP contribution in [0.5, 0.6) is 0 Å². The van der Waals surface area contributed by atoms with Crippen LogP contribution in [0.2, 0.25) is 12.1 Å². The number of rotatable bonds is 9. The molecular weight excluding hydrogens is 236 g/mol. The molecule has 0 N–H and O–H groups in total. The number of allylic oxidation sites excluding steroid dienone is 2. The van der Waals surface area contributed by atoms with Crippen LogP contribution in [0.3, 0.4) is 0 Å². The van der Waals surface area contributed by atoms with Crippen molar-refractivity contribution in [1.29, 1.82) is 0 Å². The molecule has 0 aliphatic rings. The summed E-state index contributed by atoms with van der Waals surface area (Å²) in [5.74, 6) is 0. The lowest BCUT2D eigenvalue weighted by molar-refractivity contribution is 0.419. The SMILES string of the molecule is C=CCCCC[Si](CC(=C)C)(O[Si])O[Si]. The first-order chi connectivity index (χ1) is 7.10. The standard InChI is InChI=1S/C10H18O2Si3/c1-4-5-6-7-8-15(11-13,12-14)9-10(2)3/h4H,1-2,5-9H2,3H3. The van der Waals surface area contributed by atoms with Gasteiger partial charge in [0.15, 0.2) is 0 Å². The van der Waals surface area contributed by atoms with Gasteiger partial charge in [0.25, 0.3) is 0 Å². The molecule has 2 nitrogen and oxygen atoms in total. The van der Waals surface area contributed by atoms with Crippen LogP contribution in [0, 0.1) is 0 Å². The molecule has 0 aromatic carbocycles. The van der Waals surface area contributed by atoms with Gasteiger partial charge in [-0.2, -0.15) is 0 Å². The lowest BCUT2D eigenvalue weighted by Crippen LogP contribution is -2.40. The maximum absolute atomic E-state index is 5.37. The van der Waals surface area contributed by atoms with Crippen molar-refractivity contribution < 1.29 is 8.23 Å². The molecule has 0 unspecified atom stereocenters. The molecule has 5 heteroatoms. The maximum atomic E-state index is 5.37. The fourth-order valence-electron chi connectivity index (χ4n) is 1.43. The normalized spacial score (nSPS) is 11.4. The highest BCUT2D eigenvalue weighted by Crippen LogP contribution is 2.23. The van der Waals surface area contributed by atoms with Crippen molar-refractivity contribution in [2.75, 3.05) is 0 Å². The Morgan fingerprint density at radius 1 is 1.33 bits per heavy atom. The largest absolute Gasteiger partial charge is 0.437 e. The number of unbranched alkanes of at least 4 members (excludes halogenated alkanes) is 2. The molecule has 0 aromatic heterocycles. The third-order valence-electron chi connectivity index (χ3n) is 2.16. The van der Waals surface area contributed by atoms with Crippen molar-refractivity contribution in [1.82, 2.24) is 0 Å². The van der Waals surface area contributed by atoms with Gasteiger partial charge in [0.1, 0.15) is 0 Å². The fourth-order valence-corrected chi connectivity index (χ4v) is 5.25. The molecule has 0 saturated carbocycles. The van der Waals surface area contributed by atoms with Gasteiger partial charge >= 0.3 is 8.56 Å². The highest BCUT2D eigenvalue weighted by Gasteiger charge is 2.33. The average Bonchev–Trinajstić information content (AvgIpc) is 2.22. The molecule has 0 atom stereocenters. The van der Waals surface area contributed by atoms with Gasteiger partial charge in [-0.05, 0) is 25.8 Å².